The summed E-state index contributed by atoms with van der Waals surface area (Å²) in [4.78, 5) is 25.6. The van der Waals surface area contributed by atoms with E-state index in [1.54, 1.807) is 0 Å². The van der Waals surface area contributed by atoms with Crippen molar-refractivity contribution >= 4 is 11.8 Å². The van der Waals surface area contributed by atoms with Crippen molar-refractivity contribution in [2.24, 2.45) is 5.92 Å². The minimum atomic E-state index is -0.0670. The van der Waals surface area contributed by atoms with E-state index in [-0.39, 0.29) is 11.8 Å². The Labute approximate surface area is 144 Å². The molecule has 0 unspecified atom stereocenters. The maximum Gasteiger partial charge on any atom is 0.251 e. The summed E-state index contributed by atoms with van der Waals surface area (Å²) in [6.45, 7) is 7.74. The third-order valence-corrected chi connectivity index (χ3v) is 3.96. The van der Waals surface area contributed by atoms with E-state index in [2.05, 4.69) is 19.2 Å². The van der Waals surface area contributed by atoms with Crippen molar-refractivity contribution in [3.63, 3.8) is 0 Å². The van der Waals surface area contributed by atoms with Crippen LogP contribution < -0.4 is 5.32 Å². The summed E-state index contributed by atoms with van der Waals surface area (Å²) < 4.78 is 5.49. The molecule has 1 aliphatic rings. The lowest BCUT2D eigenvalue weighted by atomic mass is 10.1. The molecule has 2 amide bonds. The Morgan fingerprint density at radius 3 is 2.67 bits per heavy atom. The van der Waals surface area contributed by atoms with E-state index in [4.69, 9.17) is 4.74 Å². The number of amides is 2. The van der Waals surface area contributed by atoms with Crippen LogP contribution in [0.2, 0.25) is 0 Å². The predicted molar refractivity (Wildman–Crippen MR) is 93.7 cm³/mol. The zero-order chi connectivity index (χ0) is 17.4. The Kier molecular flexibility index (Phi) is 7.25. The van der Waals surface area contributed by atoms with Crippen molar-refractivity contribution in [1.29, 1.82) is 0 Å². The van der Waals surface area contributed by atoms with Crippen molar-refractivity contribution in [2.75, 3.05) is 26.3 Å². The number of hydrogen-bond acceptors (Lipinski definition) is 3. The van der Waals surface area contributed by atoms with E-state index in [9.17, 15) is 9.59 Å². The molecule has 1 saturated heterocycles. The minimum absolute atomic E-state index is 0.0670. The third-order valence-electron chi connectivity index (χ3n) is 3.96. The average molecular weight is 332 g/mol. The molecule has 0 spiro atoms. The van der Waals surface area contributed by atoms with Crippen LogP contribution in [0.5, 0.6) is 0 Å². The number of likely N-dealkylation sites (tertiary alicyclic amines) is 1. The Hall–Kier alpha value is -1.88. The molecule has 0 bridgehead atoms. The van der Waals surface area contributed by atoms with Crippen molar-refractivity contribution in [1.82, 2.24) is 10.2 Å². The van der Waals surface area contributed by atoms with Gasteiger partial charge in [-0.2, -0.15) is 0 Å². The molecule has 1 fully saturated rings. The van der Waals surface area contributed by atoms with E-state index >= 15 is 0 Å². The molecule has 0 aromatic heterocycles. The van der Waals surface area contributed by atoms with Gasteiger partial charge in [0.2, 0.25) is 5.91 Å². The van der Waals surface area contributed by atoms with Gasteiger partial charge in [-0.05, 0) is 36.5 Å². The highest BCUT2D eigenvalue weighted by atomic mass is 16.5. The summed E-state index contributed by atoms with van der Waals surface area (Å²) in [7, 11) is 0. The van der Waals surface area contributed by atoms with Crippen LogP contribution in [0.15, 0.2) is 24.3 Å². The second-order valence-electron chi connectivity index (χ2n) is 6.69. The highest BCUT2D eigenvalue weighted by molar-refractivity contribution is 5.94. The SMILES string of the molecule is CC(C)COCCCNC(=O)c1ccc(CN2CCCC2=O)cc1. The highest BCUT2D eigenvalue weighted by Gasteiger charge is 2.19. The van der Waals surface area contributed by atoms with Crippen LogP contribution >= 0.6 is 0 Å². The smallest absolute Gasteiger partial charge is 0.251 e. The third kappa shape index (κ3) is 5.96. The zero-order valence-electron chi connectivity index (χ0n) is 14.7. The predicted octanol–water partition coefficient (Wildman–Crippen LogP) is 2.60. The van der Waals surface area contributed by atoms with E-state index in [1.165, 1.54) is 0 Å². The van der Waals surface area contributed by atoms with Crippen molar-refractivity contribution in [3.05, 3.63) is 35.4 Å². The first kappa shape index (κ1) is 18.5. The quantitative estimate of drug-likeness (QED) is 0.707. The molecule has 1 aromatic carbocycles. The maximum absolute atomic E-state index is 12.1. The van der Waals surface area contributed by atoms with Gasteiger partial charge >= 0.3 is 0 Å². The number of rotatable bonds is 9. The van der Waals surface area contributed by atoms with Crippen LogP contribution in [0.25, 0.3) is 0 Å². The van der Waals surface area contributed by atoms with Crippen LogP contribution in [0, 0.1) is 5.92 Å². The van der Waals surface area contributed by atoms with Gasteiger partial charge in [0.15, 0.2) is 0 Å². The lowest BCUT2D eigenvalue weighted by molar-refractivity contribution is -0.128. The fourth-order valence-electron chi connectivity index (χ4n) is 2.65. The molecule has 0 saturated carbocycles. The summed E-state index contributed by atoms with van der Waals surface area (Å²) in [6.07, 6.45) is 2.41. The molecule has 0 radical (unpaired) electrons. The number of benzene rings is 1. The Morgan fingerprint density at radius 1 is 1.29 bits per heavy atom. The number of hydrogen-bond donors (Lipinski definition) is 1. The second-order valence-corrected chi connectivity index (χ2v) is 6.69. The molecular weight excluding hydrogens is 304 g/mol. The Balaban J connectivity index is 1.70. The highest BCUT2D eigenvalue weighted by Crippen LogP contribution is 2.14. The fourth-order valence-corrected chi connectivity index (χ4v) is 2.65. The number of nitrogens with one attached hydrogen (secondary N) is 1. The van der Waals surface area contributed by atoms with Crippen LogP contribution in [0.3, 0.4) is 0 Å². The number of nitrogens with zero attached hydrogens (tertiary/aromatic N) is 1. The first-order valence-corrected chi connectivity index (χ1v) is 8.79. The molecule has 1 heterocycles. The van der Waals surface area contributed by atoms with E-state index in [1.807, 2.05) is 29.2 Å². The first-order valence-electron chi connectivity index (χ1n) is 8.79. The van der Waals surface area contributed by atoms with Crippen LogP contribution in [-0.2, 0) is 16.1 Å². The monoisotopic (exact) mass is 332 g/mol. The lowest BCUT2D eigenvalue weighted by Gasteiger charge is -2.15. The fraction of sp³-hybridized carbons (Fsp3) is 0.579. The molecule has 1 aromatic rings. The standard InChI is InChI=1S/C19H28N2O3/c1-15(2)14-24-12-4-10-20-19(23)17-8-6-16(7-9-17)13-21-11-3-5-18(21)22/h6-9,15H,3-5,10-14H2,1-2H3,(H,20,23). The maximum atomic E-state index is 12.1. The first-order chi connectivity index (χ1) is 11.6. The number of carbonyl (C=O) groups is 2. The van der Waals surface area contributed by atoms with Crippen LogP contribution in [-0.4, -0.2) is 43.0 Å². The number of ether oxygens (including phenoxy) is 1. The number of carbonyl (C=O) groups excluding carboxylic acids is 2. The van der Waals surface area contributed by atoms with Crippen molar-refractivity contribution in [2.45, 2.75) is 39.7 Å². The molecule has 0 aliphatic carbocycles. The van der Waals surface area contributed by atoms with E-state index < -0.39 is 0 Å². The van der Waals surface area contributed by atoms with Gasteiger partial charge in [0.25, 0.3) is 5.91 Å². The van der Waals surface area contributed by atoms with Gasteiger partial charge < -0.3 is 15.0 Å². The van der Waals surface area contributed by atoms with Crippen molar-refractivity contribution < 1.29 is 14.3 Å². The lowest BCUT2D eigenvalue weighted by Crippen LogP contribution is -2.26. The molecule has 132 valence electrons. The molecule has 1 aliphatic heterocycles. The second kappa shape index (κ2) is 9.42. The van der Waals surface area contributed by atoms with Gasteiger partial charge in [-0.15, -0.1) is 0 Å². The minimum Gasteiger partial charge on any atom is -0.381 e. The van der Waals surface area contributed by atoms with Gasteiger partial charge in [0, 0.05) is 44.8 Å². The summed E-state index contributed by atoms with van der Waals surface area (Å²) in [5, 5.41) is 2.90. The molecule has 0 atom stereocenters. The topological polar surface area (TPSA) is 58.6 Å². The summed E-state index contributed by atoms with van der Waals surface area (Å²) in [5.74, 6) is 0.688. The molecule has 2 rings (SSSR count). The van der Waals surface area contributed by atoms with Gasteiger partial charge in [-0.25, -0.2) is 0 Å². The van der Waals surface area contributed by atoms with Gasteiger partial charge in [-0.3, -0.25) is 9.59 Å². The normalized spacial score (nSPS) is 14.5. The molecule has 5 nitrogen and oxygen atoms in total. The van der Waals surface area contributed by atoms with Crippen LogP contribution in [0.4, 0.5) is 0 Å². The van der Waals surface area contributed by atoms with Gasteiger partial charge in [0.1, 0.15) is 0 Å². The van der Waals surface area contributed by atoms with Gasteiger partial charge in [0.05, 0.1) is 0 Å². The molecule has 24 heavy (non-hydrogen) atoms. The van der Waals surface area contributed by atoms with Gasteiger partial charge in [-0.1, -0.05) is 26.0 Å². The van der Waals surface area contributed by atoms with E-state index in [0.29, 0.717) is 37.6 Å². The molecule has 5 heteroatoms. The summed E-state index contributed by atoms with van der Waals surface area (Å²) in [5.41, 5.74) is 1.71. The van der Waals surface area contributed by atoms with Crippen LogP contribution in [0.1, 0.15) is 49.0 Å². The Bertz CT molecular complexity index is 540. The molecule has 1 N–H and O–H groups in total. The summed E-state index contributed by atoms with van der Waals surface area (Å²) in [6, 6.07) is 7.49. The summed E-state index contributed by atoms with van der Waals surface area (Å²) >= 11 is 0. The van der Waals surface area contributed by atoms with E-state index in [0.717, 1.165) is 31.6 Å². The Morgan fingerprint density at radius 2 is 2.04 bits per heavy atom. The largest absolute Gasteiger partial charge is 0.381 e. The molecular formula is C19H28N2O3. The average Bonchev–Trinajstić information content (AvgIpc) is 2.96. The zero-order valence-corrected chi connectivity index (χ0v) is 14.7. The van der Waals surface area contributed by atoms with Crippen molar-refractivity contribution in [3.8, 4) is 0 Å².